The molecule has 0 saturated carbocycles. The highest BCUT2D eigenvalue weighted by atomic mass is 16.2. The Bertz CT molecular complexity index is 896. The zero-order chi connectivity index (χ0) is 18.6. The lowest BCUT2D eigenvalue weighted by atomic mass is 10.2. The molecule has 6 heteroatoms. The number of nitrogens with zero attached hydrogens (tertiary/aromatic N) is 5. The van der Waals surface area contributed by atoms with Gasteiger partial charge in [-0.15, -0.1) is 5.10 Å². The third-order valence-corrected chi connectivity index (χ3v) is 4.92. The highest BCUT2D eigenvalue weighted by Crippen LogP contribution is 2.12. The van der Waals surface area contributed by atoms with Crippen molar-refractivity contribution in [3.05, 3.63) is 77.6 Å². The molecule has 2 heterocycles. The van der Waals surface area contributed by atoms with Crippen molar-refractivity contribution in [2.75, 3.05) is 26.2 Å². The number of amides is 1. The zero-order valence-electron chi connectivity index (χ0n) is 15.5. The van der Waals surface area contributed by atoms with Gasteiger partial charge >= 0.3 is 0 Å². The van der Waals surface area contributed by atoms with E-state index in [1.54, 1.807) is 10.9 Å². The van der Waals surface area contributed by atoms with Crippen molar-refractivity contribution in [2.24, 2.45) is 0 Å². The van der Waals surface area contributed by atoms with E-state index in [-0.39, 0.29) is 5.91 Å². The van der Waals surface area contributed by atoms with Crippen LogP contribution in [0.4, 0.5) is 0 Å². The maximum Gasteiger partial charge on any atom is 0.276 e. The summed E-state index contributed by atoms with van der Waals surface area (Å²) in [6, 6.07) is 18.4. The maximum absolute atomic E-state index is 12.8. The minimum atomic E-state index is -0.0484. The standard InChI is InChI=1S/C21H23N5O/c1-17-7-9-19(10-8-17)26-16-20(22-23-26)21(27)25-13-11-24(12-14-25)15-18-5-3-2-4-6-18/h2-10,16H,11-15H2,1H3. The van der Waals surface area contributed by atoms with Gasteiger partial charge in [0.2, 0.25) is 0 Å². The van der Waals surface area contributed by atoms with Crippen LogP contribution in [0.3, 0.4) is 0 Å². The molecule has 0 bridgehead atoms. The van der Waals surface area contributed by atoms with Crippen LogP contribution in [0.5, 0.6) is 0 Å². The van der Waals surface area contributed by atoms with Gasteiger partial charge in [0.05, 0.1) is 11.9 Å². The topological polar surface area (TPSA) is 54.3 Å². The van der Waals surface area contributed by atoms with Crippen LogP contribution in [0.15, 0.2) is 60.8 Å². The van der Waals surface area contributed by atoms with E-state index in [9.17, 15) is 4.79 Å². The number of hydrogen-bond donors (Lipinski definition) is 0. The Kier molecular flexibility index (Phi) is 4.98. The number of piperazine rings is 1. The Balaban J connectivity index is 1.36. The first-order chi connectivity index (χ1) is 13.2. The lowest BCUT2D eigenvalue weighted by molar-refractivity contribution is 0.0622. The lowest BCUT2D eigenvalue weighted by Gasteiger charge is -2.34. The number of rotatable bonds is 4. The number of benzene rings is 2. The van der Waals surface area contributed by atoms with Gasteiger partial charge in [0, 0.05) is 32.7 Å². The molecule has 0 radical (unpaired) electrons. The molecule has 4 rings (SSSR count). The summed E-state index contributed by atoms with van der Waals surface area (Å²) in [7, 11) is 0. The van der Waals surface area contributed by atoms with E-state index in [1.807, 2.05) is 42.2 Å². The Morgan fingerprint density at radius 1 is 0.963 bits per heavy atom. The molecule has 3 aromatic rings. The summed E-state index contributed by atoms with van der Waals surface area (Å²) in [5, 5.41) is 8.20. The van der Waals surface area contributed by atoms with Crippen molar-refractivity contribution < 1.29 is 4.79 Å². The summed E-state index contributed by atoms with van der Waals surface area (Å²) < 4.78 is 1.65. The van der Waals surface area contributed by atoms with Gasteiger partial charge in [-0.2, -0.15) is 0 Å². The van der Waals surface area contributed by atoms with E-state index in [0.29, 0.717) is 18.8 Å². The van der Waals surface area contributed by atoms with E-state index < -0.39 is 0 Å². The molecule has 0 spiro atoms. The molecule has 1 aliphatic heterocycles. The minimum Gasteiger partial charge on any atom is -0.335 e. The van der Waals surface area contributed by atoms with Crippen LogP contribution in [0.1, 0.15) is 21.6 Å². The number of hydrogen-bond acceptors (Lipinski definition) is 4. The summed E-state index contributed by atoms with van der Waals surface area (Å²) in [5.41, 5.74) is 3.79. The second-order valence-electron chi connectivity index (χ2n) is 6.94. The van der Waals surface area contributed by atoms with Gasteiger partial charge in [-0.1, -0.05) is 53.2 Å². The molecule has 1 amide bonds. The molecule has 0 aliphatic carbocycles. The molecule has 1 aromatic heterocycles. The third kappa shape index (κ3) is 4.06. The lowest BCUT2D eigenvalue weighted by Crippen LogP contribution is -2.48. The molecule has 6 nitrogen and oxygen atoms in total. The molecule has 0 unspecified atom stereocenters. The zero-order valence-corrected chi connectivity index (χ0v) is 15.5. The summed E-state index contributed by atoms with van der Waals surface area (Å²) in [6.07, 6.45) is 1.71. The SMILES string of the molecule is Cc1ccc(-n2cc(C(=O)N3CCN(Cc4ccccc4)CC3)nn2)cc1. The maximum atomic E-state index is 12.8. The van der Waals surface area contributed by atoms with E-state index in [4.69, 9.17) is 0 Å². The monoisotopic (exact) mass is 361 g/mol. The van der Waals surface area contributed by atoms with Crippen molar-refractivity contribution in [2.45, 2.75) is 13.5 Å². The fourth-order valence-electron chi connectivity index (χ4n) is 3.30. The van der Waals surface area contributed by atoms with E-state index in [2.05, 4.69) is 39.5 Å². The molecule has 1 aliphatic rings. The highest BCUT2D eigenvalue weighted by Gasteiger charge is 2.24. The number of carbonyl (C=O) groups is 1. The molecule has 1 saturated heterocycles. The van der Waals surface area contributed by atoms with Crippen LogP contribution >= 0.6 is 0 Å². The van der Waals surface area contributed by atoms with E-state index >= 15 is 0 Å². The average Bonchev–Trinajstić information content (AvgIpc) is 3.20. The third-order valence-electron chi connectivity index (χ3n) is 4.92. The smallest absolute Gasteiger partial charge is 0.276 e. The first-order valence-electron chi connectivity index (χ1n) is 9.24. The normalized spacial score (nSPS) is 15.1. The van der Waals surface area contributed by atoms with Gasteiger partial charge in [-0.3, -0.25) is 9.69 Å². The largest absolute Gasteiger partial charge is 0.335 e. The minimum absolute atomic E-state index is 0.0484. The van der Waals surface area contributed by atoms with E-state index in [0.717, 1.165) is 25.3 Å². The van der Waals surface area contributed by atoms with Crippen molar-refractivity contribution in [1.82, 2.24) is 24.8 Å². The van der Waals surface area contributed by atoms with Crippen LogP contribution in [-0.4, -0.2) is 56.9 Å². The van der Waals surface area contributed by atoms with Crippen LogP contribution in [0, 0.1) is 6.92 Å². The quantitative estimate of drug-likeness (QED) is 0.717. The van der Waals surface area contributed by atoms with Crippen molar-refractivity contribution in [3.63, 3.8) is 0 Å². The van der Waals surface area contributed by atoms with Crippen LogP contribution < -0.4 is 0 Å². The predicted octanol–water partition coefficient (Wildman–Crippen LogP) is 2.53. The summed E-state index contributed by atoms with van der Waals surface area (Å²) in [5.74, 6) is -0.0484. The Morgan fingerprint density at radius 3 is 2.37 bits per heavy atom. The fourth-order valence-corrected chi connectivity index (χ4v) is 3.30. The number of carbonyl (C=O) groups excluding carboxylic acids is 1. The van der Waals surface area contributed by atoms with Gasteiger partial charge < -0.3 is 4.90 Å². The Hall–Kier alpha value is -2.99. The van der Waals surface area contributed by atoms with Crippen molar-refractivity contribution >= 4 is 5.91 Å². The van der Waals surface area contributed by atoms with Crippen molar-refractivity contribution in [1.29, 1.82) is 0 Å². The molecule has 1 fully saturated rings. The molecule has 27 heavy (non-hydrogen) atoms. The Morgan fingerprint density at radius 2 is 1.67 bits per heavy atom. The average molecular weight is 361 g/mol. The molecule has 0 atom stereocenters. The summed E-state index contributed by atoms with van der Waals surface area (Å²) >= 11 is 0. The van der Waals surface area contributed by atoms with Gasteiger partial charge in [0.15, 0.2) is 5.69 Å². The van der Waals surface area contributed by atoms with Crippen LogP contribution in [0.2, 0.25) is 0 Å². The molecular formula is C21H23N5O. The van der Waals surface area contributed by atoms with Gasteiger partial charge in [0.25, 0.3) is 5.91 Å². The number of aryl methyl sites for hydroxylation is 1. The Labute approximate surface area is 159 Å². The first-order valence-corrected chi connectivity index (χ1v) is 9.24. The van der Waals surface area contributed by atoms with Crippen LogP contribution in [-0.2, 0) is 6.54 Å². The van der Waals surface area contributed by atoms with E-state index in [1.165, 1.54) is 11.1 Å². The predicted molar refractivity (Wildman–Crippen MR) is 104 cm³/mol. The summed E-state index contributed by atoms with van der Waals surface area (Å²) in [4.78, 5) is 17.0. The van der Waals surface area contributed by atoms with Crippen LogP contribution in [0.25, 0.3) is 5.69 Å². The second-order valence-corrected chi connectivity index (χ2v) is 6.94. The molecule has 2 aromatic carbocycles. The van der Waals surface area contributed by atoms with Gasteiger partial charge in [-0.25, -0.2) is 4.68 Å². The molecular weight excluding hydrogens is 338 g/mol. The summed E-state index contributed by atoms with van der Waals surface area (Å²) in [6.45, 7) is 6.12. The van der Waals surface area contributed by atoms with Gasteiger partial charge in [-0.05, 0) is 24.6 Å². The second kappa shape index (κ2) is 7.72. The van der Waals surface area contributed by atoms with Gasteiger partial charge in [0.1, 0.15) is 0 Å². The van der Waals surface area contributed by atoms with Crippen molar-refractivity contribution in [3.8, 4) is 5.69 Å². The first kappa shape index (κ1) is 17.4. The molecule has 0 N–H and O–H groups in total. The number of aromatic nitrogens is 3. The fraction of sp³-hybridized carbons (Fsp3) is 0.286. The molecule has 138 valence electrons. The highest BCUT2D eigenvalue weighted by molar-refractivity contribution is 5.92.